The number of rotatable bonds is 4. The number of hydrogen-bond donors (Lipinski definition) is 3. The number of phenolic OH excluding ortho intramolecular Hbond substituents is 2. The van der Waals surface area contributed by atoms with Crippen LogP contribution in [0.2, 0.25) is 0 Å². The Bertz CT molecular complexity index is 368. The SMILES string of the molecule is COC1CC(NC(C)c2cc(O)cc(O)c2)C1. The van der Waals surface area contributed by atoms with E-state index in [1.807, 2.05) is 6.92 Å². The highest BCUT2D eigenvalue weighted by atomic mass is 16.5. The minimum absolute atomic E-state index is 0.0945. The first-order chi connectivity index (χ1) is 8.08. The molecule has 0 saturated heterocycles. The van der Waals surface area contributed by atoms with Crippen LogP contribution in [0.25, 0.3) is 0 Å². The predicted octanol–water partition coefficient (Wildman–Crippen LogP) is 1.93. The summed E-state index contributed by atoms with van der Waals surface area (Å²) in [4.78, 5) is 0. The van der Waals surface area contributed by atoms with Crippen LogP contribution in [0.1, 0.15) is 31.4 Å². The Kier molecular flexibility index (Phi) is 3.54. The summed E-state index contributed by atoms with van der Waals surface area (Å²) < 4.78 is 5.22. The summed E-state index contributed by atoms with van der Waals surface area (Å²) in [5.41, 5.74) is 0.892. The first-order valence-corrected chi connectivity index (χ1v) is 5.90. The first-order valence-electron chi connectivity index (χ1n) is 5.90. The molecule has 1 aliphatic carbocycles. The molecule has 0 aromatic heterocycles. The highest BCUT2D eigenvalue weighted by Crippen LogP contribution is 2.28. The fourth-order valence-corrected chi connectivity index (χ4v) is 2.21. The van der Waals surface area contributed by atoms with Gasteiger partial charge in [-0.1, -0.05) is 0 Å². The average molecular weight is 237 g/mol. The fourth-order valence-electron chi connectivity index (χ4n) is 2.21. The molecule has 2 rings (SSSR count). The monoisotopic (exact) mass is 237 g/mol. The van der Waals surface area contributed by atoms with Gasteiger partial charge in [0.2, 0.25) is 0 Å². The van der Waals surface area contributed by atoms with Crippen molar-refractivity contribution < 1.29 is 14.9 Å². The summed E-state index contributed by atoms with van der Waals surface area (Å²) in [5, 5.41) is 22.3. The minimum atomic E-state index is 0.0945. The maximum Gasteiger partial charge on any atom is 0.119 e. The molecule has 1 unspecified atom stereocenters. The van der Waals surface area contributed by atoms with E-state index < -0.39 is 0 Å². The van der Waals surface area contributed by atoms with E-state index in [9.17, 15) is 10.2 Å². The molecular formula is C13H19NO3. The summed E-state index contributed by atoms with van der Waals surface area (Å²) in [6.45, 7) is 2.02. The molecule has 4 nitrogen and oxygen atoms in total. The summed E-state index contributed by atoms with van der Waals surface area (Å²) >= 11 is 0. The molecule has 0 heterocycles. The minimum Gasteiger partial charge on any atom is -0.508 e. The quantitative estimate of drug-likeness (QED) is 0.748. The molecule has 17 heavy (non-hydrogen) atoms. The van der Waals surface area contributed by atoms with Crippen molar-refractivity contribution >= 4 is 0 Å². The highest BCUT2D eigenvalue weighted by molar-refractivity contribution is 5.38. The van der Waals surface area contributed by atoms with E-state index in [0.717, 1.165) is 18.4 Å². The second-order valence-electron chi connectivity index (χ2n) is 4.70. The lowest BCUT2D eigenvalue weighted by molar-refractivity contribution is 0.0147. The van der Waals surface area contributed by atoms with Gasteiger partial charge in [-0.2, -0.15) is 0 Å². The standard InChI is InChI=1S/C13H19NO3/c1-8(14-10-5-13(6-10)17-2)9-3-11(15)7-12(16)4-9/h3-4,7-8,10,13-16H,5-6H2,1-2H3. The van der Waals surface area contributed by atoms with Gasteiger partial charge in [0.25, 0.3) is 0 Å². The van der Waals surface area contributed by atoms with E-state index >= 15 is 0 Å². The molecule has 0 bridgehead atoms. The maximum absolute atomic E-state index is 9.42. The van der Waals surface area contributed by atoms with Crippen LogP contribution >= 0.6 is 0 Å². The topological polar surface area (TPSA) is 61.7 Å². The molecule has 1 atom stereocenters. The van der Waals surface area contributed by atoms with Crippen molar-refractivity contribution in [3.8, 4) is 11.5 Å². The van der Waals surface area contributed by atoms with Gasteiger partial charge in [-0.25, -0.2) is 0 Å². The molecule has 3 N–H and O–H groups in total. The Morgan fingerprint density at radius 1 is 1.24 bits per heavy atom. The maximum atomic E-state index is 9.42. The number of ether oxygens (including phenoxy) is 1. The van der Waals surface area contributed by atoms with Crippen molar-refractivity contribution in [3.63, 3.8) is 0 Å². The third-order valence-electron chi connectivity index (χ3n) is 3.34. The van der Waals surface area contributed by atoms with Crippen LogP contribution in [-0.4, -0.2) is 29.5 Å². The van der Waals surface area contributed by atoms with E-state index in [1.165, 1.54) is 6.07 Å². The number of aromatic hydroxyl groups is 2. The Balaban J connectivity index is 1.93. The Hall–Kier alpha value is -1.26. The Morgan fingerprint density at radius 2 is 1.82 bits per heavy atom. The molecule has 1 aromatic rings. The smallest absolute Gasteiger partial charge is 0.119 e. The van der Waals surface area contributed by atoms with Crippen LogP contribution in [0.15, 0.2) is 18.2 Å². The Labute approximate surface area is 101 Å². The largest absolute Gasteiger partial charge is 0.508 e. The summed E-state index contributed by atoms with van der Waals surface area (Å²) in [5.74, 6) is 0.189. The molecule has 0 radical (unpaired) electrons. The van der Waals surface area contributed by atoms with Crippen LogP contribution < -0.4 is 5.32 Å². The van der Waals surface area contributed by atoms with Gasteiger partial charge >= 0.3 is 0 Å². The van der Waals surface area contributed by atoms with Crippen LogP contribution in [0.5, 0.6) is 11.5 Å². The van der Waals surface area contributed by atoms with Crippen LogP contribution in [0.4, 0.5) is 0 Å². The lowest BCUT2D eigenvalue weighted by atomic mass is 9.88. The van der Waals surface area contributed by atoms with Crippen LogP contribution in [0, 0.1) is 0 Å². The van der Waals surface area contributed by atoms with Gasteiger partial charge in [0.1, 0.15) is 11.5 Å². The van der Waals surface area contributed by atoms with Crippen LogP contribution in [-0.2, 0) is 4.74 Å². The Morgan fingerprint density at radius 3 is 2.35 bits per heavy atom. The number of hydrogen-bond acceptors (Lipinski definition) is 4. The predicted molar refractivity (Wildman–Crippen MR) is 65.1 cm³/mol. The second kappa shape index (κ2) is 4.94. The van der Waals surface area contributed by atoms with Crippen molar-refractivity contribution in [2.45, 2.75) is 38.0 Å². The van der Waals surface area contributed by atoms with Gasteiger partial charge in [0.15, 0.2) is 0 Å². The average Bonchev–Trinajstić information content (AvgIpc) is 2.21. The molecule has 94 valence electrons. The van der Waals surface area contributed by atoms with E-state index in [-0.39, 0.29) is 17.5 Å². The van der Waals surface area contributed by atoms with Gasteiger partial charge in [0.05, 0.1) is 6.10 Å². The number of methoxy groups -OCH3 is 1. The molecule has 1 aliphatic rings. The fraction of sp³-hybridized carbons (Fsp3) is 0.538. The summed E-state index contributed by atoms with van der Waals surface area (Å²) in [6.07, 6.45) is 2.41. The summed E-state index contributed by atoms with van der Waals surface area (Å²) in [7, 11) is 1.73. The number of phenols is 2. The third kappa shape index (κ3) is 2.90. The number of benzene rings is 1. The van der Waals surface area contributed by atoms with Crippen molar-refractivity contribution in [2.24, 2.45) is 0 Å². The number of nitrogens with one attached hydrogen (secondary N) is 1. The molecule has 1 fully saturated rings. The lowest BCUT2D eigenvalue weighted by Gasteiger charge is -2.36. The molecule has 1 aromatic carbocycles. The normalized spacial score (nSPS) is 25.3. The van der Waals surface area contributed by atoms with Gasteiger partial charge in [-0.15, -0.1) is 0 Å². The second-order valence-corrected chi connectivity index (χ2v) is 4.70. The molecule has 0 aliphatic heterocycles. The molecule has 0 amide bonds. The van der Waals surface area contributed by atoms with Crippen molar-refractivity contribution in [1.82, 2.24) is 5.32 Å². The van der Waals surface area contributed by atoms with Gasteiger partial charge in [-0.05, 0) is 37.5 Å². The molecule has 4 heteroatoms. The highest BCUT2D eigenvalue weighted by Gasteiger charge is 2.29. The van der Waals surface area contributed by atoms with Crippen LogP contribution in [0.3, 0.4) is 0 Å². The van der Waals surface area contributed by atoms with Crippen molar-refractivity contribution in [2.75, 3.05) is 7.11 Å². The van der Waals surface area contributed by atoms with Gasteiger partial charge in [-0.3, -0.25) is 0 Å². The van der Waals surface area contributed by atoms with Crippen molar-refractivity contribution in [1.29, 1.82) is 0 Å². The van der Waals surface area contributed by atoms with Crippen molar-refractivity contribution in [3.05, 3.63) is 23.8 Å². The van der Waals surface area contributed by atoms with E-state index in [4.69, 9.17) is 4.74 Å². The molecule has 0 spiro atoms. The zero-order valence-electron chi connectivity index (χ0n) is 10.2. The van der Waals surface area contributed by atoms with E-state index in [1.54, 1.807) is 19.2 Å². The van der Waals surface area contributed by atoms with Gasteiger partial charge < -0.3 is 20.3 Å². The molecular weight excluding hydrogens is 218 g/mol. The first kappa shape index (κ1) is 12.2. The van der Waals surface area contributed by atoms with Gasteiger partial charge in [0, 0.05) is 25.3 Å². The molecule has 1 saturated carbocycles. The summed E-state index contributed by atoms with van der Waals surface area (Å²) in [6, 6.07) is 5.24. The lowest BCUT2D eigenvalue weighted by Crippen LogP contribution is -2.45. The third-order valence-corrected chi connectivity index (χ3v) is 3.34. The van der Waals surface area contributed by atoms with E-state index in [2.05, 4.69) is 5.32 Å². The zero-order chi connectivity index (χ0) is 12.4. The van der Waals surface area contributed by atoms with E-state index in [0.29, 0.717) is 12.1 Å². The zero-order valence-corrected chi connectivity index (χ0v) is 10.2.